The molecule has 0 fully saturated rings. The Kier molecular flexibility index (Phi) is 3.86. The fourth-order valence-electron chi connectivity index (χ4n) is 1.72. The van der Waals surface area contributed by atoms with Crippen LogP contribution in [-0.4, -0.2) is 27.9 Å². The summed E-state index contributed by atoms with van der Waals surface area (Å²) < 4.78 is 4.97. The van der Waals surface area contributed by atoms with E-state index in [9.17, 15) is 14.4 Å². The average Bonchev–Trinajstić information content (AvgIpc) is 2.96. The maximum absolute atomic E-state index is 12.1. The van der Waals surface area contributed by atoms with Gasteiger partial charge in [0.25, 0.3) is 0 Å². The molecule has 21 heavy (non-hydrogen) atoms. The zero-order valence-corrected chi connectivity index (χ0v) is 10.6. The van der Waals surface area contributed by atoms with Gasteiger partial charge in [-0.25, -0.2) is 9.59 Å². The molecule has 0 spiro atoms. The van der Waals surface area contributed by atoms with Crippen LogP contribution in [0.3, 0.4) is 0 Å². The van der Waals surface area contributed by atoms with Crippen molar-refractivity contribution in [2.75, 3.05) is 0 Å². The first-order valence-electron chi connectivity index (χ1n) is 5.86. The number of hydrogen-bond donors (Lipinski definition) is 3. The highest BCUT2D eigenvalue weighted by atomic mass is 16.4. The standard InChI is InChI=1S/C14H11NO6/c15-11(9-5-6-10(21-9)14(19)20)12(16)7-1-3-8(4-2-7)13(17)18/h1-6,11H,15H2,(H,17,18)(H,19,20). The fraction of sp³-hybridized carbons (Fsp3) is 0.0714. The van der Waals surface area contributed by atoms with E-state index in [1.807, 2.05) is 0 Å². The molecular weight excluding hydrogens is 278 g/mol. The molecule has 0 radical (unpaired) electrons. The van der Waals surface area contributed by atoms with Crippen LogP contribution in [0.4, 0.5) is 0 Å². The summed E-state index contributed by atoms with van der Waals surface area (Å²) in [5.41, 5.74) is 5.99. The maximum atomic E-state index is 12.1. The number of nitrogens with two attached hydrogens (primary N) is 1. The van der Waals surface area contributed by atoms with Crippen LogP contribution in [0.1, 0.15) is 43.1 Å². The van der Waals surface area contributed by atoms with E-state index in [1.165, 1.54) is 36.4 Å². The Hall–Kier alpha value is -2.93. The molecule has 1 aromatic carbocycles. The Bertz CT molecular complexity index is 701. The Morgan fingerprint density at radius 2 is 1.48 bits per heavy atom. The lowest BCUT2D eigenvalue weighted by atomic mass is 10.0. The number of carbonyl (C=O) groups is 3. The van der Waals surface area contributed by atoms with E-state index in [0.29, 0.717) is 0 Å². The van der Waals surface area contributed by atoms with E-state index < -0.39 is 23.8 Å². The van der Waals surface area contributed by atoms with Gasteiger partial charge in [0.2, 0.25) is 5.76 Å². The minimum atomic E-state index is -1.26. The van der Waals surface area contributed by atoms with Crippen molar-refractivity contribution in [1.82, 2.24) is 0 Å². The number of aromatic carboxylic acids is 2. The predicted molar refractivity (Wildman–Crippen MR) is 70.3 cm³/mol. The summed E-state index contributed by atoms with van der Waals surface area (Å²) in [6, 6.07) is 6.61. The molecule has 0 bridgehead atoms. The number of benzene rings is 1. The molecule has 0 saturated carbocycles. The van der Waals surface area contributed by atoms with Crippen LogP contribution >= 0.6 is 0 Å². The van der Waals surface area contributed by atoms with E-state index in [-0.39, 0.29) is 22.6 Å². The fourth-order valence-corrected chi connectivity index (χ4v) is 1.72. The molecule has 0 aliphatic heterocycles. The third-order valence-electron chi connectivity index (χ3n) is 2.84. The molecule has 7 heteroatoms. The first kappa shape index (κ1) is 14.5. The molecule has 1 heterocycles. The van der Waals surface area contributed by atoms with E-state index in [1.54, 1.807) is 0 Å². The van der Waals surface area contributed by atoms with Gasteiger partial charge in [-0.05, 0) is 24.3 Å². The predicted octanol–water partition coefficient (Wildman–Crippen LogP) is 1.56. The van der Waals surface area contributed by atoms with Crippen molar-refractivity contribution in [3.63, 3.8) is 0 Å². The third kappa shape index (κ3) is 2.98. The number of carboxylic acids is 2. The zero-order chi connectivity index (χ0) is 15.6. The lowest BCUT2D eigenvalue weighted by molar-refractivity contribution is 0.0655. The highest BCUT2D eigenvalue weighted by molar-refractivity contribution is 6.01. The molecule has 0 aliphatic carbocycles. The van der Waals surface area contributed by atoms with Crippen LogP contribution in [-0.2, 0) is 0 Å². The molecule has 0 amide bonds. The quantitative estimate of drug-likeness (QED) is 0.711. The Balaban J connectivity index is 2.21. The monoisotopic (exact) mass is 289 g/mol. The second-order valence-electron chi connectivity index (χ2n) is 4.23. The van der Waals surface area contributed by atoms with Gasteiger partial charge in [-0.1, -0.05) is 12.1 Å². The van der Waals surface area contributed by atoms with Gasteiger partial charge in [-0.3, -0.25) is 4.79 Å². The Morgan fingerprint density at radius 3 is 1.95 bits per heavy atom. The van der Waals surface area contributed by atoms with Gasteiger partial charge >= 0.3 is 11.9 Å². The van der Waals surface area contributed by atoms with Gasteiger partial charge < -0.3 is 20.4 Å². The molecule has 4 N–H and O–H groups in total. The van der Waals surface area contributed by atoms with Crippen LogP contribution in [0.2, 0.25) is 0 Å². The third-order valence-corrected chi connectivity index (χ3v) is 2.84. The number of Topliss-reactive ketones (excluding diaryl/α,β-unsaturated/α-hetero) is 1. The van der Waals surface area contributed by atoms with Crippen molar-refractivity contribution in [2.45, 2.75) is 6.04 Å². The van der Waals surface area contributed by atoms with Crippen molar-refractivity contribution in [3.8, 4) is 0 Å². The van der Waals surface area contributed by atoms with Crippen molar-refractivity contribution < 1.29 is 29.0 Å². The summed E-state index contributed by atoms with van der Waals surface area (Å²) in [6.45, 7) is 0. The van der Waals surface area contributed by atoms with Gasteiger partial charge in [0, 0.05) is 5.56 Å². The van der Waals surface area contributed by atoms with E-state index in [0.717, 1.165) is 0 Å². The van der Waals surface area contributed by atoms with Gasteiger partial charge in [0.05, 0.1) is 5.56 Å². The molecule has 2 rings (SSSR count). The molecule has 108 valence electrons. The van der Waals surface area contributed by atoms with E-state index >= 15 is 0 Å². The summed E-state index contributed by atoms with van der Waals surface area (Å²) in [5, 5.41) is 17.5. The highest BCUT2D eigenvalue weighted by Gasteiger charge is 2.22. The zero-order valence-electron chi connectivity index (χ0n) is 10.6. The van der Waals surface area contributed by atoms with Gasteiger partial charge in [0.1, 0.15) is 11.8 Å². The molecule has 0 aliphatic rings. The van der Waals surface area contributed by atoms with Crippen molar-refractivity contribution in [3.05, 3.63) is 59.0 Å². The van der Waals surface area contributed by atoms with Crippen LogP contribution in [0.25, 0.3) is 0 Å². The first-order chi connectivity index (χ1) is 9.90. The summed E-state index contributed by atoms with van der Waals surface area (Å²) in [4.78, 5) is 33.6. The van der Waals surface area contributed by atoms with Gasteiger partial charge in [-0.2, -0.15) is 0 Å². The minimum absolute atomic E-state index is 0.0275. The lowest BCUT2D eigenvalue weighted by Crippen LogP contribution is -2.21. The summed E-state index contributed by atoms with van der Waals surface area (Å²) in [5.74, 6) is -3.14. The van der Waals surface area contributed by atoms with Crippen LogP contribution in [0.15, 0.2) is 40.8 Å². The molecule has 0 saturated heterocycles. The summed E-state index contributed by atoms with van der Waals surface area (Å²) in [7, 11) is 0. The highest BCUT2D eigenvalue weighted by Crippen LogP contribution is 2.19. The average molecular weight is 289 g/mol. The molecule has 2 aromatic rings. The molecule has 1 unspecified atom stereocenters. The molecule has 1 atom stereocenters. The topological polar surface area (TPSA) is 131 Å². The number of hydrogen-bond acceptors (Lipinski definition) is 5. The van der Waals surface area contributed by atoms with E-state index in [2.05, 4.69) is 0 Å². The minimum Gasteiger partial charge on any atom is -0.478 e. The number of rotatable bonds is 5. The number of carbonyl (C=O) groups excluding carboxylic acids is 1. The van der Waals surface area contributed by atoms with Gasteiger partial charge in [0.15, 0.2) is 5.78 Å². The largest absolute Gasteiger partial charge is 0.478 e. The Morgan fingerprint density at radius 1 is 0.905 bits per heavy atom. The number of ketones is 1. The number of carboxylic acid groups (broad SMARTS) is 2. The Labute approximate surface area is 118 Å². The van der Waals surface area contributed by atoms with Crippen LogP contribution < -0.4 is 5.73 Å². The summed E-state index contributed by atoms with van der Waals surface area (Å²) >= 11 is 0. The molecule has 1 aromatic heterocycles. The molecular formula is C14H11NO6. The second kappa shape index (κ2) is 5.59. The SMILES string of the molecule is NC(C(=O)c1ccc(C(=O)O)cc1)c1ccc(C(=O)O)o1. The van der Waals surface area contributed by atoms with E-state index in [4.69, 9.17) is 20.4 Å². The van der Waals surface area contributed by atoms with Crippen LogP contribution in [0.5, 0.6) is 0 Å². The normalized spacial score (nSPS) is 11.9. The van der Waals surface area contributed by atoms with Crippen molar-refractivity contribution >= 4 is 17.7 Å². The smallest absolute Gasteiger partial charge is 0.371 e. The van der Waals surface area contributed by atoms with Crippen LogP contribution in [0, 0.1) is 0 Å². The summed E-state index contributed by atoms with van der Waals surface area (Å²) in [6.07, 6.45) is 0. The van der Waals surface area contributed by atoms with Crippen molar-refractivity contribution in [1.29, 1.82) is 0 Å². The maximum Gasteiger partial charge on any atom is 0.371 e. The first-order valence-corrected chi connectivity index (χ1v) is 5.86. The van der Waals surface area contributed by atoms with Crippen molar-refractivity contribution in [2.24, 2.45) is 5.73 Å². The second-order valence-corrected chi connectivity index (χ2v) is 4.23. The number of furan rings is 1. The van der Waals surface area contributed by atoms with Gasteiger partial charge in [-0.15, -0.1) is 0 Å². The lowest BCUT2D eigenvalue weighted by Gasteiger charge is -2.08. The molecule has 7 nitrogen and oxygen atoms in total.